The van der Waals surface area contributed by atoms with E-state index in [-0.39, 0.29) is 17.9 Å². The van der Waals surface area contributed by atoms with Gasteiger partial charge in [-0.1, -0.05) is 56.3 Å². The van der Waals surface area contributed by atoms with Crippen molar-refractivity contribution in [3.63, 3.8) is 0 Å². The second-order valence-corrected chi connectivity index (χ2v) is 9.74. The van der Waals surface area contributed by atoms with Crippen molar-refractivity contribution in [2.75, 3.05) is 11.9 Å². The summed E-state index contributed by atoms with van der Waals surface area (Å²) in [5.41, 5.74) is 3.99. The van der Waals surface area contributed by atoms with Gasteiger partial charge in [0.15, 0.2) is 0 Å². The summed E-state index contributed by atoms with van der Waals surface area (Å²) < 4.78 is 5.93. The standard InChI is InChI=1S/C30H36N2O3/c1-21-12-13-22(2)27(20-21)35-19-9-18-30(4,5)29(34)32-26-16-14-25(15-17-26)28(33)31-23(3)24-10-7-6-8-11-24/h6-8,10-17,20,23H,9,18-19H2,1-5H3,(H,31,33)(H,32,34). The Morgan fingerprint density at radius 2 is 1.63 bits per heavy atom. The van der Waals surface area contributed by atoms with Crippen LogP contribution in [0.3, 0.4) is 0 Å². The second kappa shape index (κ2) is 11.7. The molecule has 0 spiro atoms. The van der Waals surface area contributed by atoms with Crippen molar-refractivity contribution in [2.24, 2.45) is 5.41 Å². The first-order valence-corrected chi connectivity index (χ1v) is 12.1. The van der Waals surface area contributed by atoms with Crippen LogP contribution in [0.2, 0.25) is 0 Å². The molecule has 0 aliphatic rings. The van der Waals surface area contributed by atoms with E-state index in [9.17, 15) is 9.59 Å². The molecule has 3 aromatic carbocycles. The third kappa shape index (κ3) is 7.44. The number of nitrogens with one attached hydrogen (secondary N) is 2. The molecule has 0 aromatic heterocycles. The zero-order valence-electron chi connectivity index (χ0n) is 21.4. The Morgan fingerprint density at radius 3 is 2.31 bits per heavy atom. The van der Waals surface area contributed by atoms with Gasteiger partial charge in [-0.2, -0.15) is 0 Å². The molecule has 0 bridgehead atoms. The third-order valence-corrected chi connectivity index (χ3v) is 6.21. The van der Waals surface area contributed by atoms with Gasteiger partial charge in [-0.15, -0.1) is 0 Å². The van der Waals surface area contributed by atoms with Gasteiger partial charge < -0.3 is 15.4 Å². The molecule has 2 N–H and O–H groups in total. The topological polar surface area (TPSA) is 67.4 Å². The number of carbonyl (C=O) groups excluding carboxylic acids is 2. The number of carbonyl (C=O) groups is 2. The van der Waals surface area contributed by atoms with Gasteiger partial charge in [0.1, 0.15) is 5.75 Å². The molecule has 5 nitrogen and oxygen atoms in total. The van der Waals surface area contributed by atoms with Crippen LogP contribution in [0.5, 0.6) is 5.75 Å². The molecule has 0 saturated carbocycles. The number of ether oxygens (including phenoxy) is 1. The SMILES string of the molecule is Cc1ccc(C)c(OCCCC(C)(C)C(=O)Nc2ccc(C(=O)NC(C)c3ccccc3)cc2)c1. The number of aryl methyl sites for hydroxylation is 2. The summed E-state index contributed by atoms with van der Waals surface area (Å²) >= 11 is 0. The molecule has 0 saturated heterocycles. The molecule has 5 heteroatoms. The molecular weight excluding hydrogens is 436 g/mol. The first kappa shape index (κ1) is 26.0. The van der Waals surface area contributed by atoms with Gasteiger partial charge in [-0.25, -0.2) is 0 Å². The lowest BCUT2D eigenvalue weighted by molar-refractivity contribution is -0.124. The highest BCUT2D eigenvalue weighted by Crippen LogP contribution is 2.26. The predicted octanol–water partition coefficient (Wildman–Crippen LogP) is 6.62. The highest BCUT2D eigenvalue weighted by Gasteiger charge is 2.27. The molecule has 0 aliphatic heterocycles. The normalized spacial score (nSPS) is 12.0. The zero-order chi connectivity index (χ0) is 25.4. The first-order chi connectivity index (χ1) is 16.7. The summed E-state index contributed by atoms with van der Waals surface area (Å²) in [6.45, 7) is 10.5. The van der Waals surface area contributed by atoms with E-state index in [4.69, 9.17) is 4.74 Å². The van der Waals surface area contributed by atoms with Crippen LogP contribution in [0.15, 0.2) is 72.8 Å². The fourth-order valence-corrected chi connectivity index (χ4v) is 3.78. The van der Waals surface area contributed by atoms with Gasteiger partial charge in [0, 0.05) is 16.7 Å². The third-order valence-electron chi connectivity index (χ3n) is 6.21. The molecular formula is C30H36N2O3. The van der Waals surface area contributed by atoms with Crippen molar-refractivity contribution in [1.29, 1.82) is 0 Å². The zero-order valence-corrected chi connectivity index (χ0v) is 21.4. The van der Waals surface area contributed by atoms with Crippen LogP contribution in [0.4, 0.5) is 5.69 Å². The number of amides is 2. The van der Waals surface area contributed by atoms with Crippen LogP contribution in [0.25, 0.3) is 0 Å². The smallest absolute Gasteiger partial charge is 0.251 e. The van der Waals surface area contributed by atoms with Crippen molar-refractivity contribution in [1.82, 2.24) is 5.32 Å². The Balaban J connectivity index is 1.48. The largest absolute Gasteiger partial charge is 0.493 e. The van der Waals surface area contributed by atoms with Crippen molar-refractivity contribution in [3.05, 3.63) is 95.1 Å². The van der Waals surface area contributed by atoms with E-state index in [1.54, 1.807) is 24.3 Å². The minimum Gasteiger partial charge on any atom is -0.493 e. The fourth-order valence-electron chi connectivity index (χ4n) is 3.78. The van der Waals surface area contributed by atoms with Crippen molar-refractivity contribution in [3.8, 4) is 5.75 Å². The second-order valence-electron chi connectivity index (χ2n) is 9.74. The Hall–Kier alpha value is -3.60. The maximum atomic E-state index is 12.9. The Kier molecular flexibility index (Phi) is 8.69. The molecule has 3 rings (SSSR count). The van der Waals surface area contributed by atoms with Crippen molar-refractivity contribution < 1.29 is 14.3 Å². The monoisotopic (exact) mass is 472 g/mol. The van der Waals surface area contributed by atoms with Gasteiger partial charge in [0.05, 0.1) is 12.6 Å². The van der Waals surface area contributed by atoms with Gasteiger partial charge >= 0.3 is 0 Å². The lowest BCUT2D eigenvalue weighted by Gasteiger charge is -2.24. The van der Waals surface area contributed by atoms with E-state index in [2.05, 4.69) is 22.8 Å². The molecule has 0 aliphatic carbocycles. The molecule has 0 heterocycles. The highest BCUT2D eigenvalue weighted by atomic mass is 16.5. The minimum atomic E-state index is -0.549. The van der Waals surface area contributed by atoms with Crippen molar-refractivity contribution in [2.45, 2.75) is 53.5 Å². The first-order valence-electron chi connectivity index (χ1n) is 12.1. The van der Waals surface area contributed by atoms with E-state index < -0.39 is 5.41 Å². The minimum absolute atomic E-state index is 0.0564. The fraction of sp³-hybridized carbons (Fsp3) is 0.333. The van der Waals surface area contributed by atoms with E-state index >= 15 is 0 Å². The summed E-state index contributed by atoms with van der Waals surface area (Å²) in [7, 11) is 0. The van der Waals surface area contributed by atoms with E-state index in [1.165, 1.54) is 5.56 Å². The average molecular weight is 473 g/mol. The summed E-state index contributed by atoms with van der Waals surface area (Å²) in [4.78, 5) is 25.5. The van der Waals surface area contributed by atoms with E-state index in [0.717, 1.165) is 23.3 Å². The number of anilines is 1. The lowest BCUT2D eigenvalue weighted by atomic mass is 9.87. The molecule has 35 heavy (non-hydrogen) atoms. The van der Waals surface area contributed by atoms with Crippen LogP contribution in [0.1, 0.15) is 66.7 Å². The van der Waals surface area contributed by atoms with Crippen LogP contribution in [-0.2, 0) is 4.79 Å². The quantitative estimate of drug-likeness (QED) is 0.326. The van der Waals surface area contributed by atoms with Crippen LogP contribution in [-0.4, -0.2) is 18.4 Å². The number of hydrogen-bond donors (Lipinski definition) is 2. The Bertz CT molecular complexity index is 1140. The van der Waals surface area contributed by atoms with E-state index in [0.29, 0.717) is 24.3 Å². The van der Waals surface area contributed by atoms with Gasteiger partial charge in [0.2, 0.25) is 5.91 Å². The molecule has 2 amide bonds. The molecule has 184 valence electrons. The highest BCUT2D eigenvalue weighted by molar-refractivity contribution is 5.97. The summed E-state index contributed by atoms with van der Waals surface area (Å²) in [6, 6.07) is 22.9. The van der Waals surface area contributed by atoms with Crippen molar-refractivity contribution >= 4 is 17.5 Å². The molecule has 3 aromatic rings. The molecule has 0 fully saturated rings. The summed E-state index contributed by atoms with van der Waals surface area (Å²) in [6.07, 6.45) is 1.47. The van der Waals surface area contributed by atoms with Crippen LogP contribution in [0, 0.1) is 19.3 Å². The van der Waals surface area contributed by atoms with E-state index in [1.807, 2.05) is 71.0 Å². The maximum Gasteiger partial charge on any atom is 0.251 e. The Morgan fingerprint density at radius 1 is 0.943 bits per heavy atom. The molecule has 1 atom stereocenters. The number of hydrogen-bond acceptors (Lipinski definition) is 3. The average Bonchev–Trinajstić information content (AvgIpc) is 2.84. The predicted molar refractivity (Wildman–Crippen MR) is 142 cm³/mol. The number of benzene rings is 3. The lowest BCUT2D eigenvalue weighted by Crippen LogP contribution is -2.31. The summed E-state index contributed by atoms with van der Waals surface area (Å²) in [5, 5.41) is 5.98. The molecule has 1 unspecified atom stereocenters. The van der Waals surface area contributed by atoms with Gasteiger partial charge in [0.25, 0.3) is 5.91 Å². The van der Waals surface area contributed by atoms with Gasteiger partial charge in [-0.05, 0) is 80.6 Å². The van der Waals surface area contributed by atoms with Crippen LogP contribution < -0.4 is 15.4 Å². The van der Waals surface area contributed by atoms with Crippen LogP contribution >= 0.6 is 0 Å². The summed E-state index contributed by atoms with van der Waals surface area (Å²) in [5.74, 6) is 0.692. The number of rotatable bonds is 10. The maximum absolute atomic E-state index is 12.9. The Labute approximate surface area is 208 Å². The molecule has 0 radical (unpaired) electrons. The van der Waals surface area contributed by atoms with Gasteiger partial charge in [-0.3, -0.25) is 9.59 Å².